The largest absolute Gasteiger partial charge is 0.478 e. The molecule has 0 radical (unpaired) electrons. The number of hydrogen-bond acceptors (Lipinski definition) is 5. The molecule has 2 aromatic heterocycles. The maximum absolute atomic E-state index is 11.0. The van der Waals surface area contributed by atoms with Gasteiger partial charge in [0.05, 0.1) is 5.56 Å². The minimum Gasteiger partial charge on any atom is -0.478 e. The van der Waals surface area contributed by atoms with Crippen LogP contribution in [-0.2, 0) is 0 Å². The summed E-state index contributed by atoms with van der Waals surface area (Å²) in [5.74, 6) is 1.91. The number of piperidine rings is 1. The van der Waals surface area contributed by atoms with Crippen molar-refractivity contribution < 1.29 is 14.4 Å². The number of anilines is 1. The summed E-state index contributed by atoms with van der Waals surface area (Å²) in [4.78, 5) is 17.6. The van der Waals surface area contributed by atoms with Crippen molar-refractivity contribution in [3.63, 3.8) is 0 Å². The van der Waals surface area contributed by atoms with E-state index in [0.29, 0.717) is 11.8 Å². The van der Waals surface area contributed by atoms with Crippen molar-refractivity contribution in [1.82, 2.24) is 10.1 Å². The Morgan fingerprint density at radius 3 is 2.56 bits per heavy atom. The van der Waals surface area contributed by atoms with Gasteiger partial charge in [0.15, 0.2) is 0 Å². The molecule has 3 heterocycles. The van der Waals surface area contributed by atoms with Crippen molar-refractivity contribution in [2.75, 3.05) is 18.0 Å². The number of carboxylic acids is 1. The van der Waals surface area contributed by atoms with Crippen LogP contribution in [0.4, 0.5) is 5.82 Å². The smallest absolute Gasteiger partial charge is 0.337 e. The van der Waals surface area contributed by atoms with Gasteiger partial charge in [0.25, 0.3) is 0 Å². The fraction of sp³-hybridized carbons (Fsp3) is 0.346. The van der Waals surface area contributed by atoms with Gasteiger partial charge >= 0.3 is 5.97 Å². The summed E-state index contributed by atoms with van der Waals surface area (Å²) in [6, 6.07) is 11.7. The normalized spacial score (nSPS) is 17.2. The average molecular weight is 430 g/mol. The highest BCUT2D eigenvalue weighted by Crippen LogP contribution is 2.45. The Bertz CT molecular complexity index is 1140. The molecule has 1 aliphatic carbocycles. The van der Waals surface area contributed by atoms with Crippen LogP contribution in [0.1, 0.15) is 58.8 Å². The molecular weight excluding hydrogens is 402 g/mol. The Kier molecular flexibility index (Phi) is 5.52. The minimum absolute atomic E-state index is 0.219. The molecule has 1 saturated carbocycles. The molecule has 0 amide bonds. The van der Waals surface area contributed by atoms with Gasteiger partial charge in [-0.1, -0.05) is 41.6 Å². The van der Waals surface area contributed by atoms with Gasteiger partial charge in [-0.05, 0) is 56.2 Å². The monoisotopic (exact) mass is 429 g/mol. The number of aromatic nitrogens is 2. The van der Waals surface area contributed by atoms with E-state index in [1.165, 1.54) is 24.6 Å². The zero-order chi connectivity index (χ0) is 22.1. The van der Waals surface area contributed by atoms with Gasteiger partial charge in [0.1, 0.15) is 17.3 Å². The summed E-state index contributed by atoms with van der Waals surface area (Å²) in [7, 11) is 0. The number of aryl methyl sites for hydroxylation is 1. The third kappa shape index (κ3) is 4.17. The highest BCUT2D eigenvalue weighted by Gasteiger charge is 2.32. The Labute approximate surface area is 187 Å². The molecule has 6 heteroatoms. The maximum atomic E-state index is 11.0. The van der Waals surface area contributed by atoms with E-state index in [0.717, 1.165) is 54.3 Å². The van der Waals surface area contributed by atoms with Crippen LogP contribution in [0.25, 0.3) is 17.3 Å². The number of nitrogens with zero attached hydrogens (tertiary/aromatic N) is 3. The first-order chi connectivity index (χ1) is 15.6. The molecule has 164 valence electrons. The summed E-state index contributed by atoms with van der Waals surface area (Å²) in [6.07, 6.45) is 10.4. The maximum Gasteiger partial charge on any atom is 0.337 e. The number of benzene rings is 1. The Balaban J connectivity index is 1.30. The second kappa shape index (κ2) is 8.61. The Hall–Kier alpha value is -3.41. The van der Waals surface area contributed by atoms with Crippen molar-refractivity contribution >= 4 is 17.9 Å². The first-order valence-corrected chi connectivity index (χ1v) is 11.3. The van der Waals surface area contributed by atoms with Gasteiger partial charge < -0.3 is 14.5 Å². The summed E-state index contributed by atoms with van der Waals surface area (Å²) in [6.45, 7) is 3.91. The van der Waals surface area contributed by atoms with E-state index in [2.05, 4.69) is 46.2 Å². The van der Waals surface area contributed by atoms with Crippen molar-refractivity contribution in [1.29, 1.82) is 0 Å². The lowest BCUT2D eigenvalue weighted by Crippen LogP contribution is -2.33. The Morgan fingerprint density at radius 1 is 1.12 bits per heavy atom. The fourth-order valence-electron chi connectivity index (χ4n) is 4.40. The molecule has 1 aliphatic heterocycles. The molecule has 1 saturated heterocycles. The number of aromatic carboxylic acids is 1. The van der Waals surface area contributed by atoms with E-state index in [4.69, 9.17) is 9.63 Å². The first-order valence-electron chi connectivity index (χ1n) is 11.3. The van der Waals surface area contributed by atoms with Crippen LogP contribution >= 0.6 is 0 Å². The van der Waals surface area contributed by atoms with Crippen LogP contribution in [0.3, 0.4) is 0 Å². The third-order valence-electron chi connectivity index (χ3n) is 6.50. The van der Waals surface area contributed by atoms with Crippen LogP contribution in [-0.4, -0.2) is 34.3 Å². The van der Waals surface area contributed by atoms with Crippen LogP contribution in [0.5, 0.6) is 0 Å². The number of carboxylic acid groups (broad SMARTS) is 1. The van der Waals surface area contributed by atoms with Gasteiger partial charge in [-0.3, -0.25) is 0 Å². The first kappa shape index (κ1) is 20.5. The molecular formula is C26H27N3O3. The van der Waals surface area contributed by atoms with Crippen molar-refractivity contribution in [2.24, 2.45) is 5.92 Å². The number of hydrogen-bond donors (Lipinski definition) is 1. The third-order valence-corrected chi connectivity index (χ3v) is 6.50. The van der Waals surface area contributed by atoms with Gasteiger partial charge in [0.2, 0.25) is 0 Å². The highest BCUT2D eigenvalue weighted by atomic mass is 16.5. The molecule has 32 heavy (non-hydrogen) atoms. The molecule has 0 unspecified atom stereocenters. The minimum atomic E-state index is -0.947. The molecule has 5 rings (SSSR count). The summed E-state index contributed by atoms with van der Waals surface area (Å²) in [5, 5.41) is 13.5. The van der Waals surface area contributed by atoms with Crippen molar-refractivity contribution in [3.8, 4) is 11.3 Å². The summed E-state index contributed by atoms with van der Waals surface area (Å²) in [5.41, 5.74) is 4.63. The number of carbonyl (C=O) groups is 1. The molecule has 0 bridgehead atoms. The van der Waals surface area contributed by atoms with Crippen molar-refractivity contribution in [3.05, 3.63) is 71.1 Å². The fourth-order valence-corrected chi connectivity index (χ4v) is 4.40. The van der Waals surface area contributed by atoms with Gasteiger partial charge in [-0.25, -0.2) is 9.78 Å². The van der Waals surface area contributed by atoms with Crippen LogP contribution in [0.15, 0.2) is 53.2 Å². The second-order valence-corrected chi connectivity index (χ2v) is 8.79. The van der Waals surface area contributed by atoms with E-state index < -0.39 is 5.97 Å². The van der Waals surface area contributed by atoms with Gasteiger partial charge in [-0.15, -0.1) is 0 Å². The van der Waals surface area contributed by atoms with Crippen molar-refractivity contribution in [2.45, 2.75) is 38.5 Å². The topological polar surface area (TPSA) is 79.5 Å². The predicted octanol–water partition coefficient (Wildman–Crippen LogP) is 5.55. The Morgan fingerprint density at radius 2 is 1.91 bits per heavy atom. The molecule has 1 N–H and O–H groups in total. The second-order valence-electron chi connectivity index (χ2n) is 8.79. The average Bonchev–Trinajstić information content (AvgIpc) is 3.58. The lowest BCUT2D eigenvalue weighted by atomic mass is 9.94. The molecule has 3 aromatic rings. The zero-order valence-corrected chi connectivity index (χ0v) is 18.2. The molecule has 1 aromatic carbocycles. The van der Waals surface area contributed by atoms with Gasteiger partial charge in [-0.2, -0.15) is 0 Å². The standard InChI is InChI=1S/C26H27N3O3/c1-17-4-2-3-5-21(17)24-22(25(32-28-24)19-7-8-19)10-6-18-12-14-29(15-13-18)23-11-9-20(16-27-23)26(30)31/h2-6,9-11,16,18-19H,7-8,12-15H2,1H3,(H,30,31)/b10-6+. The zero-order valence-electron chi connectivity index (χ0n) is 18.2. The van der Waals surface area contributed by atoms with E-state index in [9.17, 15) is 4.79 Å². The van der Waals surface area contributed by atoms with E-state index in [-0.39, 0.29) is 5.56 Å². The molecule has 0 atom stereocenters. The lowest BCUT2D eigenvalue weighted by molar-refractivity contribution is 0.0696. The SMILES string of the molecule is Cc1ccccc1-c1noc(C2CC2)c1/C=C/C1CCN(c2ccc(C(=O)O)cn2)CC1. The summed E-state index contributed by atoms with van der Waals surface area (Å²) < 4.78 is 5.81. The van der Waals surface area contributed by atoms with E-state index >= 15 is 0 Å². The number of rotatable bonds is 6. The van der Waals surface area contributed by atoms with Gasteiger partial charge in [0, 0.05) is 36.3 Å². The molecule has 2 fully saturated rings. The van der Waals surface area contributed by atoms with Crippen LogP contribution in [0.2, 0.25) is 0 Å². The molecule has 0 spiro atoms. The van der Waals surface area contributed by atoms with Crippen LogP contribution in [0, 0.1) is 12.8 Å². The number of pyridine rings is 1. The predicted molar refractivity (Wildman–Crippen MR) is 124 cm³/mol. The lowest BCUT2D eigenvalue weighted by Gasteiger charge is -2.31. The number of allylic oxidation sites excluding steroid dienone is 1. The highest BCUT2D eigenvalue weighted by molar-refractivity contribution is 5.87. The van der Waals surface area contributed by atoms with Crippen LogP contribution < -0.4 is 4.90 Å². The van der Waals surface area contributed by atoms with E-state index in [1.807, 2.05) is 12.1 Å². The molecule has 2 aliphatic rings. The summed E-state index contributed by atoms with van der Waals surface area (Å²) >= 11 is 0. The molecule has 6 nitrogen and oxygen atoms in total. The quantitative estimate of drug-likeness (QED) is 0.553. The van der Waals surface area contributed by atoms with E-state index in [1.54, 1.807) is 12.1 Å².